The molecular formula is C44H52N8O24S8. The average molecular weight is 1330 g/mol. The minimum absolute atomic E-state index is 0.00522. The number of rotatable bonds is 18. The van der Waals surface area contributed by atoms with Gasteiger partial charge in [-0.3, -0.25) is 22.9 Å². The van der Waals surface area contributed by atoms with Crippen molar-refractivity contribution >= 4 is 139 Å². The summed E-state index contributed by atoms with van der Waals surface area (Å²) in [6, 6.07) is 32.0. The molecule has 7 rings (SSSR count). The summed E-state index contributed by atoms with van der Waals surface area (Å²) in [5.41, 5.74) is 41.0. The largest absolute Gasteiger partial charge is 0.507 e. The van der Waals surface area contributed by atoms with Gasteiger partial charge in [0, 0.05) is 56.2 Å². The maximum absolute atomic E-state index is 12.0. The Bertz CT molecular complexity index is 4100. The number of hydrogen-bond acceptors (Lipinski definition) is 28. The van der Waals surface area contributed by atoms with Gasteiger partial charge in [-0.1, -0.05) is 5.04 Å². The third-order valence-corrected chi connectivity index (χ3v) is 17.8. The second-order valence-electron chi connectivity index (χ2n) is 16.1. The second kappa shape index (κ2) is 29.9. The SMILES string of the molecule is Nc1cc(SOOO)cc2cc(S(=O)(=O)O)cc(O)c12.Nc1ccc(NS(=O)(=O)c2ccc(N)cc2)cc1.Nc1ccc(S(=O)(=O)CCOS(=O)(=O)O)cc1.Nc1ccc(S(=O)(=O)CCOS(=O)(=O)O)cc1.Nc1ccc(S(=O)(=O)O)c(N)c1. The minimum Gasteiger partial charge on any atom is -0.507 e. The molecule has 0 saturated heterocycles. The first-order chi connectivity index (χ1) is 38.6. The molecule has 21 N–H and O–H groups in total. The third-order valence-electron chi connectivity index (χ3n) is 9.78. The molecule has 84 heavy (non-hydrogen) atoms. The predicted octanol–water partition coefficient (Wildman–Crippen LogP) is 3.28. The molecule has 0 amide bonds. The maximum atomic E-state index is 12.0. The van der Waals surface area contributed by atoms with E-state index in [4.69, 9.17) is 63.6 Å². The number of phenols is 1. The molecule has 0 radical (unpaired) electrons. The molecule has 40 heteroatoms. The summed E-state index contributed by atoms with van der Waals surface area (Å²) in [7, 11) is -28.8. The summed E-state index contributed by atoms with van der Waals surface area (Å²) in [6.07, 6.45) is 0. The minimum atomic E-state index is -4.62. The summed E-state index contributed by atoms with van der Waals surface area (Å²) < 4.78 is 204. The smallest absolute Gasteiger partial charge is 0.397 e. The van der Waals surface area contributed by atoms with Crippen LogP contribution in [0, 0.1) is 0 Å². The van der Waals surface area contributed by atoms with Crippen molar-refractivity contribution < 1.29 is 105 Å². The summed E-state index contributed by atoms with van der Waals surface area (Å²) >= 11 is 0.623. The first-order valence-corrected chi connectivity index (χ1v) is 33.2. The monoisotopic (exact) mass is 1330 g/mol. The molecule has 460 valence electrons. The van der Waals surface area contributed by atoms with Gasteiger partial charge in [0.05, 0.1) is 62.0 Å². The number of sulfonamides is 1. The zero-order valence-corrected chi connectivity index (χ0v) is 49.0. The number of nitrogen functional groups attached to an aromatic ring is 7. The molecular weight excluding hydrogens is 1280 g/mol. The van der Waals surface area contributed by atoms with E-state index in [1.807, 2.05) is 0 Å². The van der Waals surface area contributed by atoms with Crippen LogP contribution in [0.1, 0.15) is 0 Å². The normalized spacial score (nSPS) is 11.9. The van der Waals surface area contributed by atoms with Gasteiger partial charge in [-0.05, 0) is 139 Å². The number of aromatic hydroxyl groups is 1. The molecule has 0 aliphatic carbocycles. The Morgan fingerprint density at radius 3 is 1.23 bits per heavy atom. The molecule has 0 atom stereocenters. The number of anilines is 8. The highest BCUT2D eigenvalue weighted by Gasteiger charge is 2.20. The fraction of sp³-hybridized carbons (Fsp3) is 0.0909. The van der Waals surface area contributed by atoms with Crippen LogP contribution >= 0.6 is 12.0 Å². The Labute approximate surface area is 485 Å². The van der Waals surface area contributed by atoms with Crippen molar-refractivity contribution in [3.05, 3.63) is 140 Å². The van der Waals surface area contributed by atoms with Crippen LogP contribution in [0.5, 0.6) is 5.75 Å². The molecule has 0 aliphatic rings. The van der Waals surface area contributed by atoms with E-state index in [0.29, 0.717) is 51.1 Å². The topological polar surface area (TPSA) is 591 Å². The van der Waals surface area contributed by atoms with E-state index in [9.17, 15) is 64.0 Å². The van der Waals surface area contributed by atoms with Crippen LogP contribution in [0.3, 0.4) is 0 Å². The van der Waals surface area contributed by atoms with Gasteiger partial charge in [0.1, 0.15) is 10.6 Å². The molecule has 0 unspecified atom stereocenters. The van der Waals surface area contributed by atoms with Crippen LogP contribution in [-0.2, 0) is 88.5 Å². The van der Waals surface area contributed by atoms with Gasteiger partial charge in [0.25, 0.3) is 30.3 Å². The quantitative estimate of drug-likeness (QED) is 0.0193. The molecule has 7 aromatic carbocycles. The van der Waals surface area contributed by atoms with E-state index in [-0.39, 0.29) is 47.5 Å². The molecule has 0 aliphatic heterocycles. The molecule has 0 aromatic heterocycles. The highest BCUT2D eigenvalue weighted by Crippen LogP contribution is 2.36. The zero-order chi connectivity index (χ0) is 63.6. The van der Waals surface area contributed by atoms with Gasteiger partial charge in [0.15, 0.2) is 19.7 Å². The van der Waals surface area contributed by atoms with Crippen molar-refractivity contribution in [2.24, 2.45) is 0 Å². The predicted molar refractivity (Wildman–Crippen MR) is 309 cm³/mol. The lowest BCUT2D eigenvalue weighted by Gasteiger charge is -2.09. The fourth-order valence-corrected chi connectivity index (χ4v) is 11.6. The second-order valence-corrected chi connectivity index (χ2v) is 27.8. The van der Waals surface area contributed by atoms with E-state index >= 15 is 0 Å². The standard InChI is InChI=1S/C12H13N3O2S.C10H9NO7S2.2C8H11NO6S2.C6H8N2O3S/c13-9-1-5-11(6-2-9)15-18(16,17)12-7-3-10(14)4-8-12;11-8-3-6(19-18-17-13)1-5-2-7(20(14,15)16)4-9(12)10(5)8;2*9-7-1-3-8(4-2-7)16(10,11)6-5-15-17(12,13)14;7-4-1-2-6(5(8)3-4)12(9,10)11/h1-8,15H,13-14H2;1-4,12-13H,11H2,(H,14,15,16);2*1-4H,5-6,9H2,(H,12,13,14);1-3H,7-8H2,(H,9,10,11). The van der Waals surface area contributed by atoms with Crippen LogP contribution in [0.25, 0.3) is 10.8 Å². The number of benzene rings is 7. The zero-order valence-electron chi connectivity index (χ0n) is 42.4. The Kier molecular flexibility index (Phi) is 25.3. The number of hydrogen-bond donors (Lipinski definition) is 14. The lowest BCUT2D eigenvalue weighted by atomic mass is 10.1. The summed E-state index contributed by atoms with van der Waals surface area (Å²) in [5.74, 6) is -1.50. The van der Waals surface area contributed by atoms with Crippen LogP contribution in [0.4, 0.5) is 45.5 Å². The van der Waals surface area contributed by atoms with Gasteiger partial charge in [-0.15, -0.1) is 4.33 Å². The summed E-state index contributed by atoms with van der Waals surface area (Å²) in [4.78, 5) is -0.235. The summed E-state index contributed by atoms with van der Waals surface area (Å²) in [6.45, 7) is -1.29. The number of fused-ring (bicyclic) bond motifs is 1. The Morgan fingerprint density at radius 2 is 0.845 bits per heavy atom. The molecule has 0 fully saturated rings. The van der Waals surface area contributed by atoms with Crippen molar-refractivity contribution in [2.75, 3.05) is 69.6 Å². The lowest BCUT2D eigenvalue weighted by Crippen LogP contribution is -2.15. The van der Waals surface area contributed by atoms with Crippen LogP contribution in [0.15, 0.2) is 169 Å². The molecule has 32 nitrogen and oxygen atoms in total. The Balaban J connectivity index is 0.000000277. The van der Waals surface area contributed by atoms with E-state index in [1.54, 1.807) is 24.3 Å². The first kappa shape index (κ1) is 70.9. The van der Waals surface area contributed by atoms with Crippen molar-refractivity contribution in [3.63, 3.8) is 0 Å². The number of nitrogens with two attached hydrogens (primary N) is 7. The highest BCUT2D eigenvalue weighted by atomic mass is 32.3. The highest BCUT2D eigenvalue weighted by molar-refractivity contribution is 7.94. The molecule has 0 spiro atoms. The van der Waals surface area contributed by atoms with Crippen LogP contribution < -0.4 is 44.9 Å². The van der Waals surface area contributed by atoms with Gasteiger partial charge >= 0.3 is 20.8 Å². The van der Waals surface area contributed by atoms with E-state index in [1.165, 1.54) is 97.1 Å². The molecule has 0 bridgehead atoms. The molecule has 0 heterocycles. The van der Waals surface area contributed by atoms with Crippen LogP contribution in [-0.4, -0.2) is 112 Å². The van der Waals surface area contributed by atoms with Crippen LogP contribution in [0.2, 0.25) is 0 Å². The van der Waals surface area contributed by atoms with Gasteiger partial charge in [-0.25, -0.2) is 38.9 Å². The van der Waals surface area contributed by atoms with Crippen molar-refractivity contribution in [1.82, 2.24) is 0 Å². The van der Waals surface area contributed by atoms with Crippen molar-refractivity contribution in [2.45, 2.75) is 29.4 Å². The van der Waals surface area contributed by atoms with Gasteiger partial charge in [0.2, 0.25) is 0 Å². The first-order valence-electron chi connectivity index (χ1n) is 22.1. The fourth-order valence-electron chi connectivity index (χ4n) is 6.02. The van der Waals surface area contributed by atoms with Gasteiger partial charge < -0.3 is 45.2 Å². The lowest BCUT2D eigenvalue weighted by molar-refractivity contribution is -0.432. The number of sulfone groups is 2. The molecule has 7 aromatic rings. The van der Waals surface area contributed by atoms with Crippen molar-refractivity contribution in [1.29, 1.82) is 0 Å². The molecule has 0 saturated carbocycles. The summed E-state index contributed by atoms with van der Waals surface area (Å²) in [5, 5.41) is 21.8. The average Bonchev–Trinajstić information content (AvgIpc) is 1.92. The van der Waals surface area contributed by atoms with E-state index < -0.39 is 100 Å². The third kappa shape index (κ3) is 24.5. The van der Waals surface area contributed by atoms with E-state index in [0.717, 1.165) is 18.2 Å². The number of phenolic OH excluding ortho intramolecular Hbond substituents is 1. The Hall–Kier alpha value is -7.36. The number of nitrogens with one attached hydrogen (secondary N) is 1. The van der Waals surface area contributed by atoms with E-state index in [2.05, 4.69) is 22.5 Å². The van der Waals surface area contributed by atoms with Crippen molar-refractivity contribution in [3.8, 4) is 5.75 Å². The Morgan fingerprint density at radius 1 is 0.440 bits per heavy atom. The maximum Gasteiger partial charge on any atom is 0.397 e. The van der Waals surface area contributed by atoms with Gasteiger partial charge in [-0.2, -0.15) is 33.7 Å².